The topological polar surface area (TPSA) is 50.9 Å². The Morgan fingerprint density at radius 1 is 0.846 bits per heavy atom. The van der Waals surface area contributed by atoms with Gasteiger partial charge in [0.05, 0.1) is 18.8 Å². The van der Waals surface area contributed by atoms with E-state index in [2.05, 4.69) is 12.2 Å². The molecular weight excluding hydrogens is 326 g/mol. The first-order chi connectivity index (χ1) is 12.8. The van der Waals surface area contributed by atoms with Gasteiger partial charge in [0.1, 0.15) is 0 Å². The van der Waals surface area contributed by atoms with Gasteiger partial charge in [-0.05, 0) is 26.2 Å². The molecule has 0 unspecified atom stereocenters. The minimum atomic E-state index is 0.161. The van der Waals surface area contributed by atoms with Crippen LogP contribution in [0, 0.1) is 0 Å². The van der Waals surface area contributed by atoms with E-state index >= 15 is 0 Å². The summed E-state index contributed by atoms with van der Waals surface area (Å²) < 4.78 is 11.0. The molecule has 1 N–H and O–H groups in total. The van der Waals surface area contributed by atoms with Gasteiger partial charge in [-0.1, -0.05) is 71.1 Å². The molecular formula is C22H43NO3. The first-order valence-corrected chi connectivity index (χ1v) is 11.3. The van der Waals surface area contributed by atoms with E-state index in [9.17, 15) is 4.79 Å². The molecule has 1 heterocycles. The molecule has 0 radical (unpaired) electrons. The van der Waals surface area contributed by atoms with Gasteiger partial charge in [-0.3, -0.25) is 4.79 Å². The maximum atomic E-state index is 11.6. The molecule has 0 spiro atoms. The Bertz CT molecular complexity index is 335. The molecule has 2 atom stereocenters. The zero-order chi connectivity index (χ0) is 18.9. The predicted molar refractivity (Wildman–Crippen MR) is 108 cm³/mol. The van der Waals surface area contributed by atoms with Gasteiger partial charge in [-0.2, -0.15) is 0 Å². The van der Waals surface area contributed by atoms with E-state index in [-0.39, 0.29) is 5.91 Å². The Morgan fingerprint density at radius 2 is 1.42 bits per heavy atom. The molecule has 0 aromatic rings. The Morgan fingerprint density at radius 3 is 2.04 bits per heavy atom. The molecule has 4 nitrogen and oxygen atoms in total. The van der Waals surface area contributed by atoms with Gasteiger partial charge in [0.2, 0.25) is 5.91 Å². The van der Waals surface area contributed by atoms with Crippen LogP contribution in [0.15, 0.2) is 0 Å². The van der Waals surface area contributed by atoms with E-state index in [1.807, 2.05) is 6.92 Å². The second-order valence-electron chi connectivity index (χ2n) is 7.62. The summed E-state index contributed by atoms with van der Waals surface area (Å²) in [6, 6.07) is 0. The summed E-state index contributed by atoms with van der Waals surface area (Å²) in [5.74, 6) is 0.161. The van der Waals surface area contributed by atoms with E-state index < -0.39 is 0 Å². The number of hydrogen-bond donors (Lipinski definition) is 1. The molecule has 0 aromatic carbocycles. The summed E-state index contributed by atoms with van der Waals surface area (Å²) >= 11 is 0. The number of carbonyl (C=O) groups excluding carboxylic acids is 1. The van der Waals surface area contributed by atoms with Gasteiger partial charge >= 0.3 is 0 Å². The molecule has 1 saturated heterocycles. The van der Waals surface area contributed by atoms with Crippen LogP contribution in [-0.4, -0.2) is 37.9 Å². The molecule has 0 aromatic heterocycles. The summed E-state index contributed by atoms with van der Waals surface area (Å²) in [6.45, 7) is 6.19. The zero-order valence-electron chi connectivity index (χ0n) is 17.4. The monoisotopic (exact) mass is 369 g/mol. The third-order valence-corrected chi connectivity index (χ3v) is 5.20. The van der Waals surface area contributed by atoms with Crippen LogP contribution >= 0.6 is 0 Å². The molecule has 4 heteroatoms. The highest BCUT2D eigenvalue weighted by molar-refractivity contribution is 5.75. The quantitative estimate of drug-likeness (QED) is 0.245. The molecule has 1 rings (SSSR count). The number of rotatable bonds is 19. The summed E-state index contributed by atoms with van der Waals surface area (Å²) in [5.41, 5.74) is 0. The van der Waals surface area contributed by atoms with Gasteiger partial charge in [0, 0.05) is 19.6 Å². The largest absolute Gasteiger partial charge is 0.380 e. The lowest BCUT2D eigenvalue weighted by Gasteiger charge is -2.05. The number of unbranched alkanes of at least 4 members (excludes halogenated alkanes) is 9. The minimum Gasteiger partial charge on any atom is -0.380 e. The van der Waals surface area contributed by atoms with Gasteiger partial charge in [-0.25, -0.2) is 0 Å². The Labute approximate surface area is 161 Å². The Hall–Kier alpha value is -0.610. The van der Waals surface area contributed by atoms with Gasteiger partial charge in [0.25, 0.3) is 0 Å². The molecule has 1 aliphatic heterocycles. The van der Waals surface area contributed by atoms with Crippen molar-refractivity contribution in [2.24, 2.45) is 0 Å². The fourth-order valence-electron chi connectivity index (χ4n) is 3.47. The smallest absolute Gasteiger partial charge is 0.220 e. The van der Waals surface area contributed by atoms with Gasteiger partial charge in [-0.15, -0.1) is 0 Å². The number of epoxide rings is 1. The van der Waals surface area contributed by atoms with E-state index in [4.69, 9.17) is 9.47 Å². The lowest BCUT2D eigenvalue weighted by atomic mass is 10.0. The average molecular weight is 370 g/mol. The van der Waals surface area contributed by atoms with Crippen LogP contribution in [0.1, 0.15) is 104 Å². The highest BCUT2D eigenvalue weighted by Crippen LogP contribution is 2.31. The lowest BCUT2D eigenvalue weighted by molar-refractivity contribution is -0.121. The molecule has 1 amide bonds. The van der Waals surface area contributed by atoms with Crippen LogP contribution in [-0.2, 0) is 14.3 Å². The fraction of sp³-hybridized carbons (Fsp3) is 0.955. The van der Waals surface area contributed by atoms with Crippen LogP contribution < -0.4 is 5.32 Å². The van der Waals surface area contributed by atoms with E-state index in [0.29, 0.717) is 38.4 Å². The first kappa shape index (κ1) is 23.4. The van der Waals surface area contributed by atoms with E-state index in [0.717, 1.165) is 12.8 Å². The zero-order valence-corrected chi connectivity index (χ0v) is 17.4. The second kappa shape index (κ2) is 16.6. The number of amides is 1. The number of hydrogen-bond acceptors (Lipinski definition) is 3. The predicted octanol–water partition coefficient (Wildman–Crippen LogP) is 5.39. The maximum absolute atomic E-state index is 11.6. The second-order valence-corrected chi connectivity index (χ2v) is 7.62. The van der Waals surface area contributed by atoms with Gasteiger partial charge in [0.15, 0.2) is 0 Å². The Balaban J connectivity index is 1.77. The van der Waals surface area contributed by atoms with Crippen molar-refractivity contribution >= 4 is 5.91 Å². The van der Waals surface area contributed by atoms with Crippen molar-refractivity contribution in [2.45, 2.75) is 116 Å². The van der Waals surface area contributed by atoms with Crippen LogP contribution in [0.2, 0.25) is 0 Å². The lowest BCUT2D eigenvalue weighted by Crippen LogP contribution is -2.26. The third kappa shape index (κ3) is 13.6. The molecule has 26 heavy (non-hydrogen) atoms. The van der Waals surface area contributed by atoms with Crippen molar-refractivity contribution in [1.29, 1.82) is 0 Å². The molecule has 0 aliphatic carbocycles. The highest BCUT2D eigenvalue weighted by atomic mass is 16.6. The van der Waals surface area contributed by atoms with E-state index in [1.165, 1.54) is 70.6 Å². The number of nitrogens with one attached hydrogen (secondary N) is 1. The van der Waals surface area contributed by atoms with Crippen molar-refractivity contribution in [2.75, 3.05) is 19.8 Å². The molecule has 0 saturated carbocycles. The first-order valence-electron chi connectivity index (χ1n) is 11.3. The van der Waals surface area contributed by atoms with Crippen molar-refractivity contribution in [3.63, 3.8) is 0 Å². The fourth-order valence-corrected chi connectivity index (χ4v) is 3.47. The normalized spacial score (nSPS) is 18.8. The SMILES string of the molecule is CCCCCCCC[C@H]1O[C@@H]1CCCCCCCC(=O)NCCOCC. The summed E-state index contributed by atoms with van der Waals surface area (Å²) in [6.07, 6.45) is 18.5. The minimum absolute atomic E-state index is 0.161. The van der Waals surface area contributed by atoms with E-state index in [1.54, 1.807) is 0 Å². The molecule has 1 aliphatic rings. The van der Waals surface area contributed by atoms with Gasteiger partial charge < -0.3 is 14.8 Å². The van der Waals surface area contributed by atoms with Crippen LogP contribution in [0.5, 0.6) is 0 Å². The summed E-state index contributed by atoms with van der Waals surface area (Å²) in [5, 5.41) is 2.90. The van der Waals surface area contributed by atoms with Crippen molar-refractivity contribution in [1.82, 2.24) is 5.32 Å². The van der Waals surface area contributed by atoms with Crippen LogP contribution in [0.25, 0.3) is 0 Å². The summed E-state index contributed by atoms with van der Waals surface area (Å²) in [4.78, 5) is 11.6. The van der Waals surface area contributed by atoms with Crippen molar-refractivity contribution < 1.29 is 14.3 Å². The van der Waals surface area contributed by atoms with Crippen LogP contribution in [0.4, 0.5) is 0 Å². The van der Waals surface area contributed by atoms with Crippen molar-refractivity contribution in [3.05, 3.63) is 0 Å². The average Bonchev–Trinajstić information content (AvgIpc) is 3.39. The van der Waals surface area contributed by atoms with Crippen molar-refractivity contribution in [3.8, 4) is 0 Å². The number of carbonyl (C=O) groups is 1. The molecule has 1 fully saturated rings. The van der Waals surface area contributed by atoms with Crippen LogP contribution in [0.3, 0.4) is 0 Å². The highest BCUT2D eigenvalue weighted by Gasteiger charge is 2.36. The standard InChI is InChI=1S/C22H43NO3/c1-3-5-6-7-9-12-15-20-21(26-20)16-13-10-8-11-14-17-22(24)23-18-19-25-4-2/h20-21H,3-19H2,1-2H3,(H,23,24)/t20-,21-/m1/s1. The Kier molecular flexibility index (Phi) is 14.9. The maximum Gasteiger partial charge on any atom is 0.220 e. The number of ether oxygens (including phenoxy) is 2. The molecule has 0 bridgehead atoms. The molecule has 154 valence electrons. The summed E-state index contributed by atoms with van der Waals surface area (Å²) in [7, 11) is 0. The third-order valence-electron chi connectivity index (χ3n) is 5.20.